The number of ether oxygens (including phenoxy) is 2. The van der Waals surface area contributed by atoms with E-state index in [-0.39, 0.29) is 5.60 Å². The molecule has 2 rings (SSSR count). The van der Waals surface area contributed by atoms with E-state index < -0.39 is 0 Å². The summed E-state index contributed by atoms with van der Waals surface area (Å²) < 4.78 is 11.1. The van der Waals surface area contributed by atoms with Gasteiger partial charge in [0.25, 0.3) is 0 Å². The van der Waals surface area contributed by atoms with Gasteiger partial charge in [0, 0.05) is 38.5 Å². The zero-order valence-electron chi connectivity index (χ0n) is 10.2. The van der Waals surface area contributed by atoms with Crippen LogP contribution in [0.1, 0.15) is 43.3 Å². The van der Waals surface area contributed by atoms with Gasteiger partial charge in [0.1, 0.15) is 10.6 Å². The molecule has 1 fully saturated rings. The fourth-order valence-corrected chi connectivity index (χ4v) is 3.18. The highest BCUT2D eigenvalue weighted by Crippen LogP contribution is 2.37. The topological polar surface area (TPSA) is 31.4 Å². The molecule has 0 aromatic carbocycles. The second-order valence-corrected chi connectivity index (χ2v) is 5.40. The van der Waals surface area contributed by atoms with Gasteiger partial charge in [0.2, 0.25) is 0 Å². The van der Waals surface area contributed by atoms with Gasteiger partial charge in [0.15, 0.2) is 0 Å². The number of nitrogens with zero attached hydrogens (tertiary/aromatic N) is 1. The van der Waals surface area contributed by atoms with E-state index in [4.69, 9.17) is 14.5 Å². The zero-order chi connectivity index (χ0) is 11.6. The average Bonchev–Trinajstić information content (AvgIpc) is 2.80. The number of hydrogen-bond acceptors (Lipinski definition) is 4. The van der Waals surface area contributed by atoms with Crippen molar-refractivity contribution >= 4 is 11.3 Å². The monoisotopic (exact) mass is 241 g/mol. The van der Waals surface area contributed by atoms with Gasteiger partial charge >= 0.3 is 0 Å². The highest BCUT2D eigenvalue weighted by Gasteiger charge is 2.37. The van der Waals surface area contributed by atoms with Crippen LogP contribution in [0.3, 0.4) is 0 Å². The van der Waals surface area contributed by atoms with E-state index in [2.05, 4.69) is 19.2 Å². The Kier molecular flexibility index (Phi) is 3.62. The molecule has 1 aromatic heterocycles. The SMILES string of the molecule is COC1(c2nc(C(C)C)cs2)CCOCC1. The van der Waals surface area contributed by atoms with Gasteiger partial charge < -0.3 is 9.47 Å². The van der Waals surface area contributed by atoms with Gasteiger partial charge in [-0.3, -0.25) is 0 Å². The highest BCUT2D eigenvalue weighted by atomic mass is 32.1. The molecule has 0 N–H and O–H groups in total. The Bertz CT molecular complexity index is 343. The van der Waals surface area contributed by atoms with Crippen LogP contribution in [0.2, 0.25) is 0 Å². The number of hydrogen-bond donors (Lipinski definition) is 0. The smallest absolute Gasteiger partial charge is 0.125 e. The second-order valence-electron chi connectivity index (χ2n) is 4.54. The van der Waals surface area contributed by atoms with E-state index in [1.807, 2.05) is 0 Å². The summed E-state index contributed by atoms with van der Waals surface area (Å²) in [7, 11) is 1.78. The molecule has 1 aromatic rings. The van der Waals surface area contributed by atoms with E-state index in [1.54, 1.807) is 18.4 Å². The van der Waals surface area contributed by atoms with E-state index in [1.165, 1.54) is 5.69 Å². The number of thiazole rings is 1. The Balaban J connectivity index is 2.25. The fourth-order valence-electron chi connectivity index (χ4n) is 1.97. The molecule has 4 heteroatoms. The van der Waals surface area contributed by atoms with Gasteiger partial charge in [-0.05, 0) is 5.92 Å². The van der Waals surface area contributed by atoms with Crippen molar-refractivity contribution in [2.45, 2.75) is 38.2 Å². The van der Waals surface area contributed by atoms with Crippen LogP contribution in [0.15, 0.2) is 5.38 Å². The molecule has 3 nitrogen and oxygen atoms in total. The molecule has 0 unspecified atom stereocenters. The van der Waals surface area contributed by atoms with Gasteiger partial charge in [-0.1, -0.05) is 13.8 Å². The van der Waals surface area contributed by atoms with Crippen LogP contribution < -0.4 is 0 Å². The molecule has 0 radical (unpaired) electrons. The molecule has 1 aliphatic rings. The molecule has 90 valence electrons. The molecule has 1 saturated heterocycles. The summed E-state index contributed by atoms with van der Waals surface area (Å²) in [4.78, 5) is 4.71. The maximum atomic E-state index is 5.73. The fraction of sp³-hybridized carbons (Fsp3) is 0.750. The summed E-state index contributed by atoms with van der Waals surface area (Å²) in [5.41, 5.74) is 0.971. The third-order valence-corrected chi connectivity index (χ3v) is 4.24. The van der Waals surface area contributed by atoms with Crippen molar-refractivity contribution < 1.29 is 9.47 Å². The van der Waals surface area contributed by atoms with E-state index in [0.29, 0.717) is 5.92 Å². The minimum absolute atomic E-state index is 0.198. The van der Waals surface area contributed by atoms with Crippen LogP contribution in [-0.2, 0) is 15.1 Å². The van der Waals surface area contributed by atoms with Crippen molar-refractivity contribution in [3.63, 3.8) is 0 Å². The van der Waals surface area contributed by atoms with Gasteiger partial charge in [0.05, 0.1) is 5.69 Å². The normalized spacial score (nSPS) is 20.2. The number of rotatable bonds is 3. The lowest BCUT2D eigenvalue weighted by atomic mass is 9.95. The van der Waals surface area contributed by atoms with E-state index in [9.17, 15) is 0 Å². The van der Waals surface area contributed by atoms with Crippen molar-refractivity contribution in [1.29, 1.82) is 0 Å². The number of methoxy groups -OCH3 is 1. The van der Waals surface area contributed by atoms with Crippen LogP contribution in [0, 0.1) is 0 Å². The Labute approximate surface area is 101 Å². The molecule has 0 saturated carbocycles. The first kappa shape index (κ1) is 12.0. The van der Waals surface area contributed by atoms with Crippen molar-refractivity contribution in [2.24, 2.45) is 0 Å². The molecule has 16 heavy (non-hydrogen) atoms. The van der Waals surface area contributed by atoms with Crippen LogP contribution in [-0.4, -0.2) is 25.3 Å². The Morgan fingerprint density at radius 2 is 2.12 bits per heavy atom. The predicted octanol–water partition coefficient (Wildman–Crippen LogP) is 2.92. The van der Waals surface area contributed by atoms with Crippen LogP contribution >= 0.6 is 11.3 Å². The Hall–Kier alpha value is -0.450. The van der Waals surface area contributed by atoms with Gasteiger partial charge in [-0.15, -0.1) is 11.3 Å². The van der Waals surface area contributed by atoms with Crippen molar-refractivity contribution in [3.05, 3.63) is 16.1 Å². The van der Waals surface area contributed by atoms with Crippen LogP contribution in [0.25, 0.3) is 0 Å². The lowest BCUT2D eigenvalue weighted by Crippen LogP contribution is -2.35. The third-order valence-electron chi connectivity index (χ3n) is 3.19. The summed E-state index contributed by atoms with van der Waals surface area (Å²) in [5.74, 6) is 0.485. The molecular formula is C12H19NO2S. The van der Waals surface area contributed by atoms with Gasteiger partial charge in [-0.2, -0.15) is 0 Å². The summed E-state index contributed by atoms with van der Waals surface area (Å²) in [6.07, 6.45) is 1.82. The van der Waals surface area contributed by atoms with Crippen molar-refractivity contribution in [3.8, 4) is 0 Å². The first-order valence-electron chi connectivity index (χ1n) is 5.77. The zero-order valence-corrected chi connectivity index (χ0v) is 11.0. The second kappa shape index (κ2) is 4.82. The van der Waals surface area contributed by atoms with Crippen molar-refractivity contribution in [1.82, 2.24) is 4.98 Å². The summed E-state index contributed by atoms with van der Waals surface area (Å²) in [6, 6.07) is 0. The molecule has 0 atom stereocenters. The Morgan fingerprint density at radius 1 is 1.44 bits per heavy atom. The van der Waals surface area contributed by atoms with Crippen LogP contribution in [0.5, 0.6) is 0 Å². The van der Waals surface area contributed by atoms with Crippen LogP contribution in [0.4, 0.5) is 0 Å². The highest BCUT2D eigenvalue weighted by molar-refractivity contribution is 7.09. The summed E-state index contributed by atoms with van der Waals surface area (Å²) in [6.45, 7) is 5.87. The lowest BCUT2D eigenvalue weighted by Gasteiger charge is -2.33. The first-order valence-corrected chi connectivity index (χ1v) is 6.65. The first-order chi connectivity index (χ1) is 7.68. The Morgan fingerprint density at radius 3 is 2.62 bits per heavy atom. The quantitative estimate of drug-likeness (QED) is 0.815. The predicted molar refractivity (Wildman–Crippen MR) is 64.9 cm³/mol. The average molecular weight is 241 g/mol. The molecular weight excluding hydrogens is 222 g/mol. The van der Waals surface area contributed by atoms with Crippen molar-refractivity contribution in [2.75, 3.05) is 20.3 Å². The minimum Gasteiger partial charge on any atom is -0.381 e. The summed E-state index contributed by atoms with van der Waals surface area (Å²) >= 11 is 1.72. The standard InChI is InChI=1S/C12H19NO2S/c1-9(2)10-8-16-11(13-10)12(14-3)4-6-15-7-5-12/h8-9H,4-7H2,1-3H3. The molecule has 2 heterocycles. The lowest BCUT2D eigenvalue weighted by molar-refractivity contribution is -0.0949. The molecule has 1 aliphatic heterocycles. The molecule has 0 bridgehead atoms. The molecule has 0 amide bonds. The molecule has 0 spiro atoms. The maximum Gasteiger partial charge on any atom is 0.125 e. The summed E-state index contributed by atoms with van der Waals surface area (Å²) in [5, 5.41) is 3.26. The van der Waals surface area contributed by atoms with Gasteiger partial charge in [-0.25, -0.2) is 4.98 Å². The maximum absolute atomic E-state index is 5.73. The van der Waals surface area contributed by atoms with E-state index >= 15 is 0 Å². The number of aromatic nitrogens is 1. The minimum atomic E-state index is -0.198. The third kappa shape index (κ3) is 2.14. The largest absolute Gasteiger partial charge is 0.381 e. The molecule has 0 aliphatic carbocycles. The van der Waals surface area contributed by atoms with E-state index in [0.717, 1.165) is 31.1 Å².